The molecular formula is C17H27NO2. The van der Waals surface area contributed by atoms with Gasteiger partial charge in [0, 0.05) is 6.54 Å². The number of esters is 1. The van der Waals surface area contributed by atoms with E-state index in [4.69, 9.17) is 4.74 Å². The molecule has 0 saturated heterocycles. The van der Waals surface area contributed by atoms with E-state index in [1.807, 2.05) is 25.1 Å². The number of ether oxygens (including phenoxy) is 1. The highest BCUT2D eigenvalue weighted by atomic mass is 16.5. The average Bonchev–Trinajstić information content (AvgIpc) is 2.47. The third-order valence-corrected chi connectivity index (χ3v) is 3.31. The molecule has 3 heteroatoms. The lowest BCUT2D eigenvalue weighted by Gasteiger charge is -2.17. The van der Waals surface area contributed by atoms with E-state index in [1.54, 1.807) is 0 Å². The Balaban J connectivity index is 2.42. The maximum absolute atomic E-state index is 11.9. The first-order valence-corrected chi connectivity index (χ1v) is 7.71. The summed E-state index contributed by atoms with van der Waals surface area (Å²) >= 11 is 0. The highest BCUT2D eigenvalue weighted by Gasteiger charge is 2.18. The van der Waals surface area contributed by atoms with Gasteiger partial charge in [-0.3, -0.25) is 4.79 Å². The Kier molecular flexibility index (Phi) is 8.72. The molecule has 0 amide bonds. The number of hydrogen-bond donors (Lipinski definition) is 1. The van der Waals surface area contributed by atoms with E-state index in [0.29, 0.717) is 13.2 Å². The Bertz CT molecular complexity index is 365. The third-order valence-electron chi connectivity index (χ3n) is 3.31. The van der Waals surface area contributed by atoms with Crippen LogP contribution in [0.4, 0.5) is 0 Å². The van der Waals surface area contributed by atoms with Crippen molar-refractivity contribution in [2.75, 3.05) is 6.61 Å². The number of carbonyl (C=O) groups excluding carboxylic acids is 1. The van der Waals surface area contributed by atoms with Gasteiger partial charge < -0.3 is 10.1 Å². The van der Waals surface area contributed by atoms with Gasteiger partial charge in [-0.05, 0) is 18.9 Å². The molecule has 0 heterocycles. The van der Waals surface area contributed by atoms with E-state index >= 15 is 0 Å². The van der Waals surface area contributed by atoms with Gasteiger partial charge in [0.2, 0.25) is 0 Å². The Morgan fingerprint density at radius 3 is 2.55 bits per heavy atom. The Morgan fingerprint density at radius 1 is 1.15 bits per heavy atom. The van der Waals surface area contributed by atoms with Gasteiger partial charge in [-0.2, -0.15) is 0 Å². The maximum atomic E-state index is 11.9. The first-order chi connectivity index (χ1) is 9.77. The molecule has 0 spiro atoms. The summed E-state index contributed by atoms with van der Waals surface area (Å²) in [5.74, 6) is -0.125. The summed E-state index contributed by atoms with van der Waals surface area (Å²) in [6, 6.07) is 9.96. The molecule has 1 aromatic carbocycles. The van der Waals surface area contributed by atoms with Crippen LogP contribution in [0.15, 0.2) is 30.3 Å². The lowest BCUT2D eigenvalue weighted by Crippen LogP contribution is -2.37. The van der Waals surface area contributed by atoms with Gasteiger partial charge >= 0.3 is 5.97 Å². The fraction of sp³-hybridized carbons (Fsp3) is 0.588. The van der Waals surface area contributed by atoms with E-state index in [-0.39, 0.29) is 12.0 Å². The smallest absolute Gasteiger partial charge is 0.323 e. The van der Waals surface area contributed by atoms with Crippen molar-refractivity contribution in [3.63, 3.8) is 0 Å². The summed E-state index contributed by atoms with van der Waals surface area (Å²) in [7, 11) is 0. The standard InChI is InChI=1S/C17H27NO2/c1-3-5-6-10-13-16(17(19)20-4-2)18-14-15-11-8-7-9-12-15/h7-9,11-12,16,18H,3-6,10,13-14H2,1-2H3. The highest BCUT2D eigenvalue weighted by Crippen LogP contribution is 2.08. The monoisotopic (exact) mass is 277 g/mol. The number of benzene rings is 1. The first-order valence-electron chi connectivity index (χ1n) is 7.71. The summed E-state index contributed by atoms with van der Waals surface area (Å²) in [6.45, 7) is 5.19. The molecule has 0 aliphatic rings. The van der Waals surface area contributed by atoms with Crippen molar-refractivity contribution in [3.05, 3.63) is 35.9 Å². The number of unbranched alkanes of at least 4 members (excludes halogenated alkanes) is 3. The molecule has 1 atom stereocenters. The second-order valence-electron chi connectivity index (χ2n) is 5.02. The van der Waals surface area contributed by atoms with Gasteiger partial charge in [0.25, 0.3) is 0 Å². The zero-order valence-electron chi connectivity index (χ0n) is 12.7. The molecule has 1 rings (SSSR count). The van der Waals surface area contributed by atoms with Crippen LogP contribution in [0.3, 0.4) is 0 Å². The fourth-order valence-corrected chi connectivity index (χ4v) is 2.16. The molecule has 0 radical (unpaired) electrons. The topological polar surface area (TPSA) is 38.3 Å². The molecule has 3 nitrogen and oxygen atoms in total. The largest absolute Gasteiger partial charge is 0.465 e. The van der Waals surface area contributed by atoms with E-state index in [0.717, 1.165) is 12.8 Å². The number of hydrogen-bond acceptors (Lipinski definition) is 3. The Labute approximate surface area is 122 Å². The quantitative estimate of drug-likeness (QED) is 0.524. The van der Waals surface area contributed by atoms with Crippen molar-refractivity contribution >= 4 is 5.97 Å². The van der Waals surface area contributed by atoms with Crippen LogP contribution in [-0.2, 0) is 16.1 Å². The van der Waals surface area contributed by atoms with E-state index in [9.17, 15) is 4.79 Å². The van der Waals surface area contributed by atoms with Crippen LogP contribution < -0.4 is 5.32 Å². The summed E-state index contributed by atoms with van der Waals surface area (Å²) in [6.07, 6.45) is 5.54. The summed E-state index contributed by atoms with van der Waals surface area (Å²) in [5.41, 5.74) is 1.19. The molecule has 0 fully saturated rings. The molecular weight excluding hydrogens is 250 g/mol. The summed E-state index contributed by atoms with van der Waals surface area (Å²) in [4.78, 5) is 11.9. The van der Waals surface area contributed by atoms with Crippen LogP contribution >= 0.6 is 0 Å². The van der Waals surface area contributed by atoms with Crippen molar-refractivity contribution < 1.29 is 9.53 Å². The minimum absolute atomic E-state index is 0.125. The summed E-state index contributed by atoms with van der Waals surface area (Å²) < 4.78 is 5.15. The molecule has 0 aliphatic carbocycles. The van der Waals surface area contributed by atoms with Crippen molar-refractivity contribution in [3.8, 4) is 0 Å². The maximum Gasteiger partial charge on any atom is 0.323 e. The predicted molar refractivity (Wildman–Crippen MR) is 82.5 cm³/mol. The molecule has 0 bridgehead atoms. The average molecular weight is 277 g/mol. The predicted octanol–water partition coefficient (Wildman–Crippen LogP) is 3.68. The highest BCUT2D eigenvalue weighted by molar-refractivity contribution is 5.75. The number of carbonyl (C=O) groups is 1. The normalized spacial score (nSPS) is 12.1. The van der Waals surface area contributed by atoms with Gasteiger partial charge in [-0.25, -0.2) is 0 Å². The molecule has 0 aromatic heterocycles. The molecule has 1 N–H and O–H groups in total. The minimum Gasteiger partial charge on any atom is -0.465 e. The van der Waals surface area contributed by atoms with Gasteiger partial charge in [-0.15, -0.1) is 0 Å². The van der Waals surface area contributed by atoms with Gasteiger partial charge in [0.1, 0.15) is 6.04 Å². The summed E-state index contributed by atoms with van der Waals surface area (Å²) in [5, 5.41) is 3.32. The second-order valence-corrected chi connectivity index (χ2v) is 5.02. The lowest BCUT2D eigenvalue weighted by molar-refractivity contribution is -0.145. The molecule has 0 aliphatic heterocycles. The minimum atomic E-state index is -0.188. The van der Waals surface area contributed by atoms with E-state index in [1.165, 1.54) is 24.8 Å². The molecule has 1 unspecified atom stereocenters. The third kappa shape index (κ3) is 6.71. The van der Waals surface area contributed by atoms with Gasteiger partial charge in [0.15, 0.2) is 0 Å². The molecule has 112 valence electrons. The second kappa shape index (κ2) is 10.4. The van der Waals surface area contributed by atoms with Crippen LogP contribution in [-0.4, -0.2) is 18.6 Å². The number of nitrogens with one attached hydrogen (secondary N) is 1. The van der Waals surface area contributed by atoms with E-state index in [2.05, 4.69) is 24.4 Å². The van der Waals surface area contributed by atoms with Crippen LogP contribution in [0.5, 0.6) is 0 Å². The Morgan fingerprint density at radius 2 is 1.90 bits per heavy atom. The van der Waals surface area contributed by atoms with Crippen LogP contribution in [0.25, 0.3) is 0 Å². The van der Waals surface area contributed by atoms with Crippen molar-refractivity contribution in [1.82, 2.24) is 5.32 Å². The first kappa shape index (κ1) is 16.7. The lowest BCUT2D eigenvalue weighted by atomic mass is 10.1. The molecule has 0 saturated carbocycles. The van der Waals surface area contributed by atoms with Gasteiger partial charge in [-0.1, -0.05) is 62.9 Å². The van der Waals surface area contributed by atoms with Crippen LogP contribution in [0.2, 0.25) is 0 Å². The van der Waals surface area contributed by atoms with E-state index < -0.39 is 0 Å². The van der Waals surface area contributed by atoms with Gasteiger partial charge in [0.05, 0.1) is 6.61 Å². The zero-order chi connectivity index (χ0) is 14.6. The van der Waals surface area contributed by atoms with Crippen molar-refractivity contribution in [2.45, 2.75) is 58.5 Å². The Hall–Kier alpha value is -1.35. The SMILES string of the molecule is CCCCCCC(NCc1ccccc1)C(=O)OCC. The molecule has 20 heavy (non-hydrogen) atoms. The zero-order valence-corrected chi connectivity index (χ0v) is 12.7. The molecule has 1 aromatic rings. The van der Waals surface area contributed by atoms with Crippen molar-refractivity contribution in [1.29, 1.82) is 0 Å². The van der Waals surface area contributed by atoms with Crippen LogP contribution in [0.1, 0.15) is 51.5 Å². The van der Waals surface area contributed by atoms with Crippen LogP contribution in [0, 0.1) is 0 Å². The van der Waals surface area contributed by atoms with Crippen molar-refractivity contribution in [2.24, 2.45) is 0 Å². The number of rotatable bonds is 10. The fourth-order valence-electron chi connectivity index (χ4n) is 2.16.